The highest BCUT2D eigenvalue weighted by atomic mass is 14.6. The summed E-state index contributed by atoms with van der Waals surface area (Å²) in [7, 11) is 0. The van der Waals surface area contributed by atoms with Crippen molar-refractivity contribution in [3.63, 3.8) is 0 Å². The van der Waals surface area contributed by atoms with Crippen molar-refractivity contribution in [3.8, 4) is 12.3 Å². The van der Waals surface area contributed by atoms with Crippen LogP contribution >= 0.6 is 0 Å². The molecule has 0 aromatic heterocycles. The van der Waals surface area contributed by atoms with Gasteiger partial charge in [-0.3, -0.25) is 0 Å². The highest BCUT2D eigenvalue weighted by Crippen LogP contribution is 2.09. The van der Waals surface area contributed by atoms with Gasteiger partial charge in [-0.15, -0.1) is 6.42 Å². The van der Waals surface area contributed by atoms with Crippen molar-refractivity contribution < 1.29 is 0 Å². The molecule has 52 valence electrons. The minimum atomic E-state index is -0.0417. The van der Waals surface area contributed by atoms with Gasteiger partial charge in [0.25, 0.3) is 0 Å². The molecule has 0 aromatic carbocycles. The lowest BCUT2D eigenvalue weighted by atomic mass is 9.96. The van der Waals surface area contributed by atoms with Crippen molar-refractivity contribution >= 4 is 0 Å². The summed E-state index contributed by atoms with van der Waals surface area (Å²) >= 11 is 0. The first-order valence-corrected chi connectivity index (χ1v) is 3.47. The van der Waals surface area contributed by atoms with Gasteiger partial charge in [-0.25, -0.2) is 0 Å². The van der Waals surface area contributed by atoms with Gasteiger partial charge >= 0.3 is 0 Å². The molecule has 0 rings (SSSR count). The van der Waals surface area contributed by atoms with Crippen LogP contribution in [0.5, 0.6) is 0 Å². The number of hydrogen-bond acceptors (Lipinski definition) is 1. The molecule has 1 heteroatoms. The summed E-state index contributed by atoms with van der Waals surface area (Å²) in [6.45, 7) is 4.23. The van der Waals surface area contributed by atoms with E-state index in [1.165, 1.54) is 0 Å². The zero-order valence-electron chi connectivity index (χ0n) is 6.22. The van der Waals surface area contributed by atoms with E-state index in [0.29, 0.717) is 5.92 Å². The Hall–Kier alpha value is -0.480. The Morgan fingerprint density at radius 1 is 1.44 bits per heavy atom. The Kier molecular flexibility index (Phi) is 4.17. The first-order chi connectivity index (χ1) is 4.26. The molecule has 1 nitrogen and oxygen atoms in total. The van der Waals surface area contributed by atoms with E-state index in [2.05, 4.69) is 19.8 Å². The standard InChI is InChI=1S/C8H15N/c1-4-7(5-2)8(9)6-3/h3,7-8H,4-5,9H2,1-2H3. The van der Waals surface area contributed by atoms with Crippen molar-refractivity contribution in [1.82, 2.24) is 0 Å². The molecule has 0 aliphatic rings. The summed E-state index contributed by atoms with van der Waals surface area (Å²) in [4.78, 5) is 0. The summed E-state index contributed by atoms with van der Waals surface area (Å²) < 4.78 is 0. The van der Waals surface area contributed by atoms with Gasteiger partial charge in [0.2, 0.25) is 0 Å². The average molecular weight is 125 g/mol. The number of nitrogens with two attached hydrogens (primary N) is 1. The largest absolute Gasteiger partial charge is 0.317 e. The average Bonchev–Trinajstić information content (AvgIpc) is 1.90. The van der Waals surface area contributed by atoms with Crippen LogP contribution in [-0.2, 0) is 0 Å². The van der Waals surface area contributed by atoms with Crippen LogP contribution in [0.4, 0.5) is 0 Å². The Morgan fingerprint density at radius 3 is 2.00 bits per heavy atom. The van der Waals surface area contributed by atoms with Crippen LogP contribution < -0.4 is 5.73 Å². The van der Waals surface area contributed by atoms with E-state index in [1.54, 1.807) is 0 Å². The van der Waals surface area contributed by atoms with Crippen LogP contribution in [0.2, 0.25) is 0 Å². The maximum Gasteiger partial charge on any atom is 0.0690 e. The van der Waals surface area contributed by atoms with E-state index in [0.717, 1.165) is 12.8 Å². The van der Waals surface area contributed by atoms with Crippen LogP contribution in [0.15, 0.2) is 0 Å². The summed E-state index contributed by atoms with van der Waals surface area (Å²) in [5, 5.41) is 0. The third-order valence-electron chi connectivity index (χ3n) is 1.75. The van der Waals surface area contributed by atoms with Crippen LogP contribution in [0, 0.1) is 18.3 Å². The van der Waals surface area contributed by atoms with Crippen molar-refractivity contribution in [2.75, 3.05) is 0 Å². The zero-order chi connectivity index (χ0) is 7.28. The van der Waals surface area contributed by atoms with Crippen molar-refractivity contribution in [2.45, 2.75) is 32.7 Å². The maximum absolute atomic E-state index is 5.60. The van der Waals surface area contributed by atoms with Crippen LogP contribution in [0.1, 0.15) is 26.7 Å². The minimum Gasteiger partial charge on any atom is -0.317 e. The summed E-state index contributed by atoms with van der Waals surface area (Å²) in [5.74, 6) is 3.05. The zero-order valence-corrected chi connectivity index (χ0v) is 6.22. The van der Waals surface area contributed by atoms with E-state index in [9.17, 15) is 0 Å². The van der Waals surface area contributed by atoms with Crippen molar-refractivity contribution in [3.05, 3.63) is 0 Å². The van der Waals surface area contributed by atoms with Gasteiger partial charge in [0.05, 0.1) is 6.04 Å². The lowest BCUT2D eigenvalue weighted by Crippen LogP contribution is -2.27. The Bertz CT molecular complexity index is 97.6. The third kappa shape index (κ3) is 2.53. The Balaban J connectivity index is 3.67. The molecule has 1 unspecified atom stereocenters. The molecule has 0 heterocycles. The van der Waals surface area contributed by atoms with E-state index >= 15 is 0 Å². The molecule has 0 radical (unpaired) electrons. The topological polar surface area (TPSA) is 26.0 Å². The highest BCUT2D eigenvalue weighted by Gasteiger charge is 2.09. The molecule has 0 aliphatic heterocycles. The van der Waals surface area contributed by atoms with Gasteiger partial charge in [0, 0.05) is 0 Å². The highest BCUT2D eigenvalue weighted by molar-refractivity contribution is 4.99. The quantitative estimate of drug-likeness (QED) is 0.567. The van der Waals surface area contributed by atoms with E-state index in [-0.39, 0.29) is 6.04 Å². The first-order valence-electron chi connectivity index (χ1n) is 3.47. The molecule has 0 saturated heterocycles. The second-order valence-corrected chi connectivity index (χ2v) is 2.27. The molecule has 0 aliphatic carbocycles. The lowest BCUT2D eigenvalue weighted by Gasteiger charge is -2.14. The molecule has 9 heavy (non-hydrogen) atoms. The maximum atomic E-state index is 5.60. The SMILES string of the molecule is C#CC(N)C(CC)CC. The first kappa shape index (κ1) is 8.52. The molecule has 1 atom stereocenters. The number of rotatable bonds is 3. The predicted octanol–water partition coefficient (Wildman–Crippen LogP) is 1.38. The monoisotopic (exact) mass is 125 g/mol. The Morgan fingerprint density at radius 2 is 1.89 bits per heavy atom. The fraction of sp³-hybridized carbons (Fsp3) is 0.750. The van der Waals surface area contributed by atoms with Crippen molar-refractivity contribution in [2.24, 2.45) is 11.7 Å². The van der Waals surface area contributed by atoms with Crippen LogP contribution in [0.3, 0.4) is 0 Å². The fourth-order valence-corrected chi connectivity index (χ4v) is 0.933. The van der Waals surface area contributed by atoms with Gasteiger partial charge in [-0.1, -0.05) is 32.6 Å². The molecule has 2 N–H and O–H groups in total. The predicted molar refractivity (Wildman–Crippen MR) is 40.9 cm³/mol. The van der Waals surface area contributed by atoms with Gasteiger partial charge < -0.3 is 5.73 Å². The summed E-state index contributed by atoms with van der Waals surface area (Å²) in [6.07, 6.45) is 7.32. The minimum absolute atomic E-state index is 0.0417. The molecule has 0 aromatic rings. The molecule has 0 fully saturated rings. The molecular weight excluding hydrogens is 110 g/mol. The second-order valence-electron chi connectivity index (χ2n) is 2.27. The van der Waals surface area contributed by atoms with Gasteiger partial charge in [-0.2, -0.15) is 0 Å². The molecule has 0 bridgehead atoms. The molecule has 0 amide bonds. The molecule has 0 spiro atoms. The van der Waals surface area contributed by atoms with Crippen molar-refractivity contribution in [1.29, 1.82) is 0 Å². The number of hydrogen-bond donors (Lipinski definition) is 1. The number of terminal acetylenes is 1. The van der Waals surface area contributed by atoms with E-state index < -0.39 is 0 Å². The lowest BCUT2D eigenvalue weighted by molar-refractivity contribution is 0.453. The van der Waals surface area contributed by atoms with Gasteiger partial charge in [0.15, 0.2) is 0 Å². The molecular formula is C8H15N. The smallest absolute Gasteiger partial charge is 0.0690 e. The normalized spacial score (nSPS) is 13.2. The second kappa shape index (κ2) is 4.40. The summed E-state index contributed by atoms with van der Waals surface area (Å²) in [6, 6.07) is -0.0417. The molecule has 0 saturated carbocycles. The fourth-order valence-electron chi connectivity index (χ4n) is 0.933. The van der Waals surface area contributed by atoms with E-state index in [4.69, 9.17) is 12.2 Å². The van der Waals surface area contributed by atoms with Gasteiger partial charge in [-0.05, 0) is 5.92 Å². The summed E-state index contributed by atoms with van der Waals surface area (Å²) in [5.41, 5.74) is 5.60. The Labute approximate surface area is 57.6 Å². The van der Waals surface area contributed by atoms with Crippen LogP contribution in [0.25, 0.3) is 0 Å². The van der Waals surface area contributed by atoms with E-state index in [1.807, 2.05) is 0 Å². The van der Waals surface area contributed by atoms with Crippen LogP contribution in [-0.4, -0.2) is 6.04 Å². The third-order valence-corrected chi connectivity index (χ3v) is 1.75. The van der Waals surface area contributed by atoms with Gasteiger partial charge in [0.1, 0.15) is 0 Å².